The van der Waals surface area contributed by atoms with Gasteiger partial charge in [-0.1, -0.05) is 24.3 Å². The Hall–Kier alpha value is -1.40. The fourth-order valence-electron chi connectivity index (χ4n) is 1.61. The van der Waals surface area contributed by atoms with E-state index in [0.29, 0.717) is 19.5 Å². The summed E-state index contributed by atoms with van der Waals surface area (Å²) >= 11 is 0. The number of carbonyl (C=O) groups excluding carboxylic acids is 1. The van der Waals surface area contributed by atoms with Crippen LogP contribution in [0.2, 0.25) is 0 Å². The molecule has 0 aliphatic heterocycles. The predicted octanol–water partition coefficient (Wildman–Crippen LogP) is 0.941. The molecular weight excluding hydrogens is 264 g/mol. The number of rotatable bonds is 7. The topological polar surface area (TPSA) is 75.3 Å². The second-order valence-electron chi connectivity index (χ2n) is 4.42. The maximum absolute atomic E-state index is 11.9. The third-order valence-electron chi connectivity index (χ3n) is 2.66. The third kappa shape index (κ3) is 6.35. The van der Waals surface area contributed by atoms with Crippen LogP contribution in [0.5, 0.6) is 0 Å². The van der Waals surface area contributed by atoms with Gasteiger partial charge in [-0.3, -0.25) is 4.79 Å². The summed E-state index contributed by atoms with van der Waals surface area (Å²) in [6.45, 7) is 4.13. The Morgan fingerprint density at radius 1 is 1.21 bits per heavy atom. The number of sulfonamides is 1. The molecule has 0 aliphatic rings. The smallest absolute Gasteiger partial charge is 0.216 e. The van der Waals surface area contributed by atoms with Crippen molar-refractivity contribution in [3.8, 4) is 0 Å². The average molecular weight is 284 g/mol. The summed E-state index contributed by atoms with van der Waals surface area (Å²) in [5.41, 5.74) is 1.77. The van der Waals surface area contributed by atoms with Crippen LogP contribution in [0.25, 0.3) is 0 Å². The molecule has 0 saturated heterocycles. The number of hydrogen-bond donors (Lipinski definition) is 2. The minimum atomic E-state index is -3.32. The van der Waals surface area contributed by atoms with Crippen LogP contribution in [0, 0.1) is 6.92 Å². The SMILES string of the molecule is CC(=O)NCCCNS(=O)(=O)Cc1ccccc1C. The van der Waals surface area contributed by atoms with E-state index in [-0.39, 0.29) is 11.7 Å². The molecule has 0 radical (unpaired) electrons. The Morgan fingerprint density at radius 2 is 1.89 bits per heavy atom. The molecule has 1 aromatic carbocycles. The van der Waals surface area contributed by atoms with Crippen LogP contribution < -0.4 is 10.0 Å². The van der Waals surface area contributed by atoms with E-state index in [1.165, 1.54) is 6.92 Å². The van der Waals surface area contributed by atoms with E-state index in [2.05, 4.69) is 10.0 Å². The molecule has 1 rings (SSSR count). The van der Waals surface area contributed by atoms with E-state index in [1.807, 2.05) is 31.2 Å². The van der Waals surface area contributed by atoms with Gasteiger partial charge in [-0.2, -0.15) is 0 Å². The lowest BCUT2D eigenvalue weighted by Gasteiger charge is -2.08. The van der Waals surface area contributed by atoms with E-state index < -0.39 is 10.0 Å². The van der Waals surface area contributed by atoms with Crippen molar-refractivity contribution >= 4 is 15.9 Å². The molecule has 19 heavy (non-hydrogen) atoms. The van der Waals surface area contributed by atoms with Crippen LogP contribution in [0.1, 0.15) is 24.5 Å². The van der Waals surface area contributed by atoms with Gasteiger partial charge in [0, 0.05) is 20.0 Å². The summed E-state index contributed by atoms with van der Waals surface area (Å²) in [4.78, 5) is 10.6. The van der Waals surface area contributed by atoms with Gasteiger partial charge >= 0.3 is 0 Å². The molecule has 106 valence electrons. The highest BCUT2D eigenvalue weighted by Gasteiger charge is 2.11. The van der Waals surface area contributed by atoms with Gasteiger partial charge in [-0.25, -0.2) is 13.1 Å². The van der Waals surface area contributed by atoms with Gasteiger partial charge in [0.15, 0.2) is 0 Å². The molecule has 0 saturated carbocycles. The Labute approximate surface area is 114 Å². The number of nitrogens with one attached hydrogen (secondary N) is 2. The molecule has 0 atom stereocenters. The number of carbonyl (C=O) groups is 1. The van der Waals surface area contributed by atoms with E-state index in [1.54, 1.807) is 0 Å². The number of aryl methyl sites for hydroxylation is 1. The lowest BCUT2D eigenvalue weighted by Crippen LogP contribution is -2.29. The first-order chi connectivity index (χ1) is 8.91. The molecule has 1 amide bonds. The molecule has 0 aromatic heterocycles. The summed E-state index contributed by atoms with van der Waals surface area (Å²) < 4.78 is 26.2. The van der Waals surface area contributed by atoms with Gasteiger partial charge < -0.3 is 5.32 Å². The number of hydrogen-bond acceptors (Lipinski definition) is 3. The second kappa shape index (κ2) is 7.25. The summed E-state index contributed by atoms with van der Waals surface area (Å²) in [5.74, 6) is -0.123. The van der Waals surface area contributed by atoms with E-state index >= 15 is 0 Å². The Bertz CT molecular complexity index is 526. The first-order valence-corrected chi connectivity index (χ1v) is 7.82. The van der Waals surface area contributed by atoms with Crippen molar-refractivity contribution in [2.24, 2.45) is 0 Å². The number of amides is 1. The zero-order valence-corrected chi connectivity index (χ0v) is 12.1. The normalized spacial score (nSPS) is 11.3. The zero-order valence-electron chi connectivity index (χ0n) is 11.3. The molecule has 1 aromatic rings. The van der Waals surface area contributed by atoms with Crippen molar-refractivity contribution in [3.05, 3.63) is 35.4 Å². The van der Waals surface area contributed by atoms with Crippen molar-refractivity contribution in [1.82, 2.24) is 10.0 Å². The summed E-state index contributed by atoms with van der Waals surface area (Å²) in [6, 6.07) is 7.41. The lowest BCUT2D eigenvalue weighted by atomic mass is 10.1. The van der Waals surface area contributed by atoms with Gasteiger partial charge in [0.1, 0.15) is 0 Å². The van der Waals surface area contributed by atoms with Crippen LogP contribution >= 0.6 is 0 Å². The fraction of sp³-hybridized carbons (Fsp3) is 0.462. The maximum Gasteiger partial charge on any atom is 0.216 e. The largest absolute Gasteiger partial charge is 0.356 e. The summed E-state index contributed by atoms with van der Waals surface area (Å²) in [5, 5.41) is 2.62. The van der Waals surface area contributed by atoms with Crippen molar-refractivity contribution in [1.29, 1.82) is 0 Å². The molecule has 0 bridgehead atoms. The van der Waals surface area contributed by atoms with Crippen LogP contribution in [-0.4, -0.2) is 27.4 Å². The third-order valence-corrected chi connectivity index (χ3v) is 3.99. The average Bonchev–Trinajstić information content (AvgIpc) is 2.31. The zero-order chi connectivity index (χ0) is 14.3. The molecule has 0 fully saturated rings. The molecule has 0 aliphatic carbocycles. The highest BCUT2D eigenvalue weighted by molar-refractivity contribution is 7.88. The molecular formula is C13H20N2O3S. The van der Waals surface area contributed by atoms with Gasteiger partial charge in [0.2, 0.25) is 15.9 Å². The van der Waals surface area contributed by atoms with Gasteiger partial charge in [-0.15, -0.1) is 0 Å². The first kappa shape index (κ1) is 15.7. The quantitative estimate of drug-likeness (QED) is 0.732. The minimum Gasteiger partial charge on any atom is -0.356 e. The molecule has 2 N–H and O–H groups in total. The van der Waals surface area contributed by atoms with Gasteiger partial charge in [0.25, 0.3) is 0 Å². The molecule has 0 unspecified atom stereocenters. The molecule has 5 nitrogen and oxygen atoms in total. The molecule has 0 heterocycles. The van der Waals surface area contributed by atoms with Crippen LogP contribution in [0.15, 0.2) is 24.3 Å². The Kier molecular flexibility index (Phi) is 5.98. The standard InChI is InChI=1S/C13H20N2O3S/c1-11-6-3-4-7-13(11)10-19(17,18)15-9-5-8-14-12(2)16/h3-4,6-7,15H,5,8-10H2,1-2H3,(H,14,16). The van der Waals surface area contributed by atoms with E-state index in [9.17, 15) is 13.2 Å². The van der Waals surface area contributed by atoms with Crippen molar-refractivity contribution in [2.75, 3.05) is 13.1 Å². The highest BCUT2D eigenvalue weighted by Crippen LogP contribution is 2.10. The van der Waals surface area contributed by atoms with Gasteiger partial charge in [0.05, 0.1) is 5.75 Å². The highest BCUT2D eigenvalue weighted by atomic mass is 32.2. The van der Waals surface area contributed by atoms with E-state index in [0.717, 1.165) is 11.1 Å². The summed E-state index contributed by atoms with van der Waals surface area (Å²) in [6.07, 6.45) is 0.576. The Balaban J connectivity index is 2.40. The van der Waals surface area contributed by atoms with Gasteiger partial charge in [-0.05, 0) is 24.5 Å². The second-order valence-corrected chi connectivity index (χ2v) is 6.22. The van der Waals surface area contributed by atoms with E-state index in [4.69, 9.17) is 0 Å². The van der Waals surface area contributed by atoms with Crippen molar-refractivity contribution in [2.45, 2.75) is 26.0 Å². The Morgan fingerprint density at radius 3 is 2.53 bits per heavy atom. The lowest BCUT2D eigenvalue weighted by molar-refractivity contribution is -0.118. The fourth-order valence-corrected chi connectivity index (χ4v) is 2.90. The number of benzene rings is 1. The van der Waals surface area contributed by atoms with Crippen LogP contribution in [0.3, 0.4) is 0 Å². The molecule has 6 heteroatoms. The van der Waals surface area contributed by atoms with Crippen LogP contribution in [0.4, 0.5) is 0 Å². The maximum atomic E-state index is 11.9. The monoisotopic (exact) mass is 284 g/mol. The summed E-state index contributed by atoms with van der Waals surface area (Å²) in [7, 11) is -3.32. The van der Waals surface area contributed by atoms with Crippen LogP contribution in [-0.2, 0) is 20.6 Å². The van der Waals surface area contributed by atoms with Crippen molar-refractivity contribution < 1.29 is 13.2 Å². The minimum absolute atomic E-state index is 0.0141. The molecule has 0 spiro atoms. The first-order valence-electron chi connectivity index (χ1n) is 6.17. The predicted molar refractivity (Wildman–Crippen MR) is 75.1 cm³/mol. The van der Waals surface area contributed by atoms with Crippen molar-refractivity contribution in [3.63, 3.8) is 0 Å².